The number of carbonyl (C=O) groups excluding carboxylic acids is 2. The molecule has 1 aliphatic heterocycles. The lowest BCUT2D eigenvalue weighted by molar-refractivity contribution is -0.122. The zero-order valence-electron chi connectivity index (χ0n) is 14.1. The minimum Gasteiger partial charge on any atom is -0.317 e. The molecule has 24 heavy (non-hydrogen) atoms. The van der Waals surface area contributed by atoms with Gasteiger partial charge in [0.05, 0.1) is 4.91 Å². The molecule has 0 N–H and O–H groups in total. The second-order valence-corrected chi connectivity index (χ2v) is 6.92. The molecule has 1 saturated heterocycles. The third-order valence-electron chi connectivity index (χ3n) is 3.99. The van der Waals surface area contributed by atoms with Crippen molar-refractivity contribution >= 4 is 29.0 Å². The summed E-state index contributed by atoms with van der Waals surface area (Å²) in [5.41, 5.74) is 4.35. The summed E-state index contributed by atoms with van der Waals surface area (Å²) in [6, 6.07) is 10.2. The Balaban J connectivity index is 1.97. The largest absolute Gasteiger partial charge is 0.317 e. The number of hydrogen-bond acceptors (Lipinski definition) is 3. The fourth-order valence-electron chi connectivity index (χ4n) is 2.86. The topological polar surface area (TPSA) is 42.3 Å². The molecule has 0 saturated carbocycles. The van der Waals surface area contributed by atoms with Gasteiger partial charge in [0.2, 0.25) is 0 Å². The Kier molecular flexibility index (Phi) is 4.62. The number of aromatic nitrogens is 1. The third kappa shape index (κ3) is 3.04. The summed E-state index contributed by atoms with van der Waals surface area (Å²) < 4.78 is 2.04. The predicted octanol–water partition coefficient (Wildman–Crippen LogP) is 4.54. The molecule has 2 amide bonds. The first kappa shape index (κ1) is 16.6. The molecule has 0 spiro atoms. The van der Waals surface area contributed by atoms with Gasteiger partial charge in [-0.3, -0.25) is 14.5 Å². The molecule has 0 unspecified atom stereocenters. The molecular weight excluding hydrogens is 320 g/mol. The summed E-state index contributed by atoms with van der Waals surface area (Å²) in [7, 11) is 0. The van der Waals surface area contributed by atoms with Crippen molar-refractivity contribution in [2.45, 2.75) is 27.2 Å². The van der Waals surface area contributed by atoms with E-state index < -0.39 is 0 Å². The fraction of sp³-hybridized carbons (Fsp3) is 0.263. The zero-order valence-corrected chi connectivity index (χ0v) is 14.9. The number of imide groups is 1. The molecule has 1 aromatic carbocycles. The highest BCUT2D eigenvalue weighted by molar-refractivity contribution is 8.18. The summed E-state index contributed by atoms with van der Waals surface area (Å²) in [6.07, 6.45) is 4.55. The molecule has 4 nitrogen and oxygen atoms in total. The standard InChI is InChI=1S/C19H20N2O2S/c1-4-9-21-18(22)17(24-19(21)23)12-15-6-5-10-20(15)16-8-7-13(2)11-14(16)3/h5-8,10-12H,4,9H2,1-3H3/b17-12+. The fourth-order valence-corrected chi connectivity index (χ4v) is 3.71. The van der Waals surface area contributed by atoms with E-state index in [1.165, 1.54) is 16.0 Å². The van der Waals surface area contributed by atoms with Crippen LogP contribution in [0.2, 0.25) is 0 Å². The predicted molar refractivity (Wildman–Crippen MR) is 98.2 cm³/mol. The van der Waals surface area contributed by atoms with E-state index in [1.54, 1.807) is 6.08 Å². The van der Waals surface area contributed by atoms with Gasteiger partial charge >= 0.3 is 0 Å². The molecule has 0 radical (unpaired) electrons. The van der Waals surface area contributed by atoms with Gasteiger partial charge in [-0.25, -0.2) is 0 Å². The van der Waals surface area contributed by atoms with Crippen LogP contribution in [0.25, 0.3) is 11.8 Å². The molecule has 0 atom stereocenters. The van der Waals surface area contributed by atoms with Crippen LogP contribution in [0.1, 0.15) is 30.2 Å². The van der Waals surface area contributed by atoms with Crippen LogP contribution in [0.5, 0.6) is 0 Å². The van der Waals surface area contributed by atoms with Crippen LogP contribution < -0.4 is 0 Å². The van der Waals surface area contributed by atoms with Crippen molar-refractivity contribution in [2.75, 3.05) is 6.54 Å². The Hall–Kier alpha value is -2.27. The van der Waals surface area contributed by atoms with Gasteiger partial charge in [-0.15, -0.1) is 0 Å². The molecule has 3 rings (SSSR count). The van der Waals surface area contributed by atoms with Crippen LogP contribution in [0.15, 0.2) is 41.4 Å². The van der Waals surface area contributed by atoms with E-state index in [-0.39, 0.29) is 11.1 Å². The van der Waals surface area contributed by atoms with Crippen molar-refractivity contribution in [3.8, 4) is 5.69 Å². The van der Waals surface area contributed by atoms with E-state index in [9.17, 15) is 9.59 Å². The molecule has 0 aliphatic carbocycles. The highest BCUT2D eigenvalue weighted by Crippen LogP contribution is 2.32. The van der Waals surface area contributed by atoms with Crippen LogP contribution >= 0.6 is 11.8 Å². The highest BCUT2D eigenvalue weighted by Gasteiger charge is 2.34. The molecule has 1 fully saturated rings. The van der Waals surface area contributed by atoms with Gasteiger partial charge in [0.15, 0.2) is 0 Å². The van der Waals surface area contributed by atoms with Crippen LogP contribution in [0.3, 0.4) is 0 Å². The van der Waals surface area contributed by atoms with E-state index in [4.69, 9.17) is 0 Å². The van der Waals surface area contributed by atoms with Crippen molar-refractivity contribution in [1.29, 1.82) is 0 Å². The molecule has 1 aliphatic rings. The third-order valence-corrected chi connectivity index (χ3v) is 4.90. The summed E-state index contributed by atoms with van der Waals surface area (Å²) in [4.78, 5) is 26.2. The van der Waals surface area contributed by atoms with E-state index in [0.717, 1.165) is 29.6 Å². The van der Waals surface area contributed by atoms with Crippen LogP contribution in [-0.2, 0) is 4.79 Å². The van der Waals surface area contributed by atoms with Crippen LogP contribution in [0, 0.1) is 13.8 Å². The van der Waals surface area contributed by atoms with E-state index in [1.807, 2.05) is 29.8 Å². The van der Waals surface area contributed by atoms with Crippen LogP contribution in [0.4, 0.5) is 4.79 Å². The highest BCUT2D eigenvalue weighted by atomic mass is 32.2. The number of thioether (sulfide) groups is 1. The Bertz CT molecular complexity index is 836. The van der Waals surface area contributed by atoms with E-state index in [0.29, 0.717) is 11.4 Å². The average Bonchev–Trinajstić information content (AvgIpc) is 3.08. The van der Waals surface area contributed by atoms with Crippen molar-refractivity contribution in [3.63, 3.8) is 0 Å². The number of hydrogen-bond donors (Lipinski definition) is 0. The maximum Gasteiger partial charge on any atom is 0.293 e. The number of aryl methyl sites for hydroxylation is 2. The van der Waals surface area contributed by atoms with Crippen LogP contribution in [-0.4, -0.2) is 27.2 Å². The van der Waals surface area contributed by atoms with E-state index >= 15 is 0 Å². The number of carbonyl (C=O) groups is 2. The first-order chi connectivity index (χ1) is 11.5. The van der Waals surface area contributed by atoms with Gasteiger partial charge in [0.1, 0.15) is 0 Å². The lowest BCUT2D eigenvalue weighted by atomic mass is 10.1. The van der Waals surface area contributed by atoms with Gasteiger partial charge in [-0.05, 0) is 61.9 Å². The maximum absolute atomic E-state index is 12.4. The Morgan fingerprint density at radius 2 is 1.96 bits per heavy atom. The molecule has 2 aromatic rings. The van der Waals surface area contributed by atoms with Crippen molar-refractivity contribution < 1.29 is 9.59 Å². The second-order valence-electron chi connectivity index (χ2n) is 5.93. The van der Waals surface area contributed by atoms with E-state index in [2.05, 4.69) is 32.0 Å². The molecule has 5 heteroatoms. The number of benzene rings is 1. The van der Waals surface area contributed by atoms with Gasteiger partial charge in [0.25, 0.3) is 11.1 Å². The maximum atomic E-state index is 12.4. The lowest BCUT2D eigenvalue weighted by Gasteiger charge is -2.11. The summed E-state index contributed by atoms with van der Waals surface area (Å²) in [5, 5.41) is -0.183. The number of amides is 2. The average molecular weight is 340 g/mol. The quantitative estimate of drug-likeness (QED) is 0.767. The second kappa shape index (κ2) is 6.69. The molecule has 1 aromatic heterocycles. The number of nitrogens with zero attached hydrogens (tertiary/aromatic N) is 2. The molecule has 2 heterocycles. The SMILES string of the molecule is CCCN1C(=O)S/C(=C/c2cccn2-c2ccc(C)cc2C)C1=O. The Morgan fingerprint density at radius 1 is 1.17 bits per heavy atom. The first-order valence-corrected chi connectivity index (χ1v) is 8.83. The molecule has 0 bridgehead atoms. The number of rotatable bonds is 4. The van der Waals surface area contributed by atoms with Gasteiger partial charge in [-0.2, -0.15) is 0 Å². The Morgan fingerprint density at radius 3 is 2.67 bits per heavy atom. The lowest BCUT2D eigenvalue weighted by Crippen LogP contribution is -2.28. The first-order valence-electron chi connectivity index (χ1n) is 8.01. The van der Waals surface area contributed by atoms with Crippen molar-refractivity contribution in [3.05, 3.63) is 58.3 Å². The monoisotopic (exact) mass is 340 g/mol. The van der Waals surface area contributed by atoms with Crippen molar-refractivity contribution in [2.24, 2.45) is 0 Å². The minimum atomic E-state index is -0.194. The zero-order chi connectivity index (χ0) is 17.3. The van der Waals surface area contributed by atoms with Gasteiger partial charge in [-0.1, -0.05) is 24.6 Å². The Labute approximate surface area is 146 Å². The van der Waals surface area contributed by atoms with Gasteiger partial charge < -0.3 is 4.57 Å². The minimum absolute atomic E-state index is 0.183. The summed E-state index contributed by atoms with van der Waals surface area (Å²) >= 11 is 1.02. The smallest absolute Gasteiger partial charge is 0.293 e. The summed E-state index contributed by atoms with van der Waals surface area (Å²) in [6.45, 7) is 6.57. The van der Waals surface area contributed by atoms with Gasteiger partial charge in [0, 0.05) is 24.1 Å². The summed E-state index contributed by atoms with van der Waals surface area (Å²) in [5.74, 6) is -0.194. The normalized spacial score (nSPS) is 16.5. The molecule has 124 valence electrons. The van der Waals surface area contributed by atoms with Crippen molar-refractivity contribution in [1.82, 2.24) is 9.47 Å². The molecular formula is C19H20N2O2S.